The Bertz CT molecular complexity index is 406. The molecular weight excluding hydrogens is 296 g/mol. The summed E-state index contributed by atoms with van der Waals surface area (Å²) in [4.78, 5) is 13.7. The van der Waals surface area contributed by atoms with Crippen LogP contribution in [0.1, 0.15) is 5.56 Å². The number of rotatable bonds is 4. The summed E-state index contributed by atoms with van der Waals surface area (Å²) >= 11 is 3.49. The number of nitrogens with zero attached hydrogens (tertiary/aromatic N) is 1. The monoisotopic (exact) mass is 312 g/mol. The molecule has 0 atom stereocenters. The second-order valence-electron chi connectivity index (χ2n) is 4.19. The molecule has 98 valence electrons. The van der Waals surface area contributed by atoms with Crippen LogP contribution in [0.5, 0.6) is 0 Å². The maximum Gasteiger partial charge on any atom is 0.236 e. The van der Waals surface area contributed by atoms with Crippen LogP contribution in [0.4, 0.5) is 0 Å². The Morgan fingerprint density at radius 3 is 2.78 bits per heavy atom. The van der Waals surface area contributed by atoms with E-state index in [1.54, 1.807) is 0 Å². The summed E-state index contributed by atoms with van der Waals surface area (Å²) in [6.45, 7) is 3.77. The predicted octanol–water partition coefficient (Wildman–Crippen LogP) is 1.40. The van der Waals surface area contributed by atoms with Gasteiger partial charge in [-0.1, -0.05) is 34.1 Å². The molecular formula is C13H17BrN2O2. The van der Waals surface area contributed by atoms with Crippen LogP contribution in [-0.2, 0) is 16.1 Å². The lowest BCUT2D eigenvalue weighted by molar-refractivity contribution is -0.134. The Hall–Kier alpha value is -0.910. The van der Waals surface area contributed by atoms with Crippen molar-refractivity contribution in [2.45, 2.75) is 6.54 Å². The zero-order valence-electron chi connectivity index (χ0n) is 10.2. The maximum atomic E-state index is 11.9. The molecule has 1 aromatic rings. The third kappa shape index (κ3) is 3.80. The van der Waals surface area contributed by atoms with Gasteiger partial charge in [-0.2, -0.15) is 0 Å². The number of benzene rings is 1. The van der Waals surface area contributed by atoms with Crippen LogP contribution in [0, 0.1) is 0 Å². The first-order chi connectivity index (χ1) is 8.77. The van der Waals surface area contributed by atoms with Crippen molar-refractivity contribution >= 4 is 21.8 Å². The van der Waals surface area contributed by atoms with Crippen molar-refractivity contribution in [2.24, 2.45) is 0 Å². The summed E-state index contributed by atoms with van der Waals surface area (Å²) in [7, 11) is 0. The third-order valence-corrected chi connectivity index (χ3v) is 3.69. The fraction of sp³-hybridized carbons (Fsp3) is 0.462. The van der Waals surface area contributed by atoms with Crippen molar-refractivity contribution in [3.8, 4) is 0 Å². The van der Waals surface area contributed by atoms with Gasteiger partial charge >= 0.3 is 0 Å². The van der Waals surface area contributed by atoms with Crippen molar-refractivity contribution < 1.29 is 9.53 Å². The highest BCUT2D eigenvalue weighted by atomic mass is 79.9. The van der Waals surface area contributed by atoms with Gasteiger partial charge in [-0.15, -0.1) is 0 Å². The van der Waals surface area contributed by atoms with E-state index < -0.39 is 0 Å². The molecule has 0 radical (unpaired) electrons. The van der Waals surface area contributed by atoms with Crippen LogP contribution in [0.2, 0.25) is 0 Å². The van der Waals surface area contributed by atoms with Gasteiger partial charge < -0.3 is 15.0 Å². The number of hydrogen-bond donors (Lipinski definition) is 1. The minimum Gasteiger partial charge on any atom is -0.378 e. The molecule has 0 saturated carbocycles. The molecule has 0 unspecified atom stereocenters. The van der Waals surface area contributed by atoms with E-state index in [1.165, 1.54) is 0 Å². The molecule has 1 aliphatic rings. The smallest absolute Gasteiger partial charge is 0.236 e. The molecule has 18 heavy (non-hydrogen) atoms. The average molecular weight is 313 g/mol. The van der Waals surface area contributed by atoms with E-state index in [-0.39, 0.29) is 5.91 Å². The number of nitrogens with one attached hydrogen (secondary N) is 1. The topological polar surface area (TPSA) is 41.6 Å². The normalized spacial score (nSPS) is 15.7. The summed E-state index contributed by atoms with van der Waals surface area (Å²) in [5, 5.41) is 3.18. The van der Waals surface area contributed by atoms with Gasteiger partial charge in [0.25, 0.3) is 0 Å². The predicted molar refractivity (Wildman–Crippen MR) is 73.2 cm³/mol. The van der Waals surface area contributed by atoms with E-state index in [0.717, 1.165) is 10.0 Å². The molecule has 1 heterocycles. The lowest BCUT2D eigenvalue weighted by Crippen LogP contribution is -2.44. The molecule has 1 aromatic carbocycles. The van der Waals surface area contributed by atoms with Crippen LogP contribution < -0.4 is 5.32 Å². The van der Waals surface area contributed by atoms with Crippen molar-refractivity contribution in [3.63, 3.8) is 0 Å². The Morgan fingerprint density at radius 1 is 1.33 bits per heavy atom. The molecule has 0 bridgehead atoms. The first-order valence-corrected chi connectivity index (χ1v) is 6.86. The summed E-state index contributed by atoms with van der Waals surface area (Å²) in [5.41, 5.74) is 1.16. The van der Waals surface area contributed by atoms with Gasteiger partial charge in [0, 0.05) is 24.1 Å². The molecule has 0 aromatic heterocycles. The minimum atomic E-state index is 0.144. The van der Waals surface area contributed by atoms with E-state index in [9.17, 15) is 4.79 Å². The SMILES string of the molecule is O=C(CNCc1ccccc1Br)N1CCOCC1. The zero-order chi connectivity index (χ0) is 12.8. The number of amides is 1. The Morgan fingerprint density at radius 2 is 2.06 bits per heavy atom. The van der Waals surface area contributed by atoms with E-state index >= 15 is 0 Å². The Kier molecular flexibility index (Phi) is 5.16. The van der Waals surface area contributed by atoms with Gasteiger partial charge in [-0.05, 0) is 11.6 Å². The quantitative estimate of drug-likeness (QED) is 0.913. The summed E-state index contributed by atoms with van der Waals surface area (Å²) in [6.07, 6.45) is 0. The third-order valence-electron chi connectivity index (χ3n) is 2.91. The largest absolute Gasteiger partial charge is 0.378 e. The molecule has 0 spiro atoms. The van der Waals surface area contributed by atoms with E-state index in [2.05, 4.69) is 21.2 Å². The lowest BCUT2D eigenvalue weighted by Gasteiger charge is -2.26. The summed E-state index contributed by atoms with van der Waals surface area (Å²) < 4.78 is 6.28. The number of halogens is 1. The van der Waals surface area contributed by atoms with Gasteiger partial charge in [0.05, 0.1) is 19.8 Å². The Labute approximate surface area is 115 Å². The van der Waals surface area contributed by atoms with Gasteiger partial charge in [-0.3, -0.25) is 4.79 Å². The first-order valence-electron chi connectivity index (χ1n) is 6.07. The van der Waals surface area contributed by atoms with Crippen LogP contribution in [-0.4, -0.2) is 43.7 Å². The number of carbonyl (C=O) groups is 1. The van der Waals surface area contributed by atoms with Crippen LogP contribution in [0.15, 0.2) is 28.7 Å². The number of ether oxygens (including phenoxy) is 1. The van der Waals surface area contributed by atoms with E-state index in [0.29, 0.717) is 39.4 Å². The van der Waals surface area contributed by atoms with Crippen LogP contribution >= 0.6 is 15.9 Å². The summed E-state index contributed by atoms with van der Waals surface area (Å²) in [6, 6.07) is 8.01. The minimum absolute atomic E-state index is 0.144. The fourth-order valence-electron chi connectivity index (χ4n) is 1.87. The molecule has 1 N–H and O–H groups in total. The molecule has 1 aliphatic heterocycles. The van der Waals surface area contributed by atoms with E-state index in [1.807, 2.05) is 29.2 Å². The van der Waals surface area contributed by atoms with Gasteiger partial charge in [0.2, 0.25) is 5.91 Å². The fourth-order valence-corrected chi connectivity index (χ4v) is 2.30. The molecule has 2 rings (SSSR count). The molecule has 0 aliphatic carbocycles. The van der Waals surface area contributed by atoms with Crippen molar-refractivity contribution in [1.82, 2.24) is 10.2 Å². The zero-order valence-corrected chi connectivity index (χ0v) is 11.8. The molecule has 5 heteroatoms. The van der Waals surface area contributed by atoms with Crippen molar-refractivity contribution in [2.75, 3.05) is 32.8 Å². The average Bonchev–Trinajstić information content (AvgIpc) is 2.42. The highest BCUT2D eigenvalue weighted by Crippen LogP contribution is 2.15. The highest BCUT2D eigenvalue weighted by Gasteiger charge is 2.15. The lowest BCUT2D eigenvalue weighted by atomic mass is 10.2. The molecule has 1 amide bonds. The second-order valence-corrected chi connectivity index (χ2v) is 5.04. The highest BCUT2D eigenvalue weighted by molar-refractivity contribution is 9.10. The maximum absolute atomic E-state index is 11.9. The number of hydrogen-bond acceptors (Lipinski definition) is 3. The van der Waals surface area contributed by atoms with Crippen molar-refractivity contribution in [1.29, 1.82) is 0 Å². The number of morpholine rings is 1. The van der Waals surface area contributed by atoms with Crippen LogP contribution in [0.3, 0.4) is 0 Å². The first kappa shape index (κ1) is 13.5. The molecule has 4 nitrogen and oxygen atoms in total. The van der Waals surface area contributed by atoms with Crippen molar-refractivity contribution in [3.05, 3.63) is 34.3 Å². The van der Waals surface area contributed by atoms with Gasteiger partial charge in [0.15, 0.2) is 0 Å². The standard InChI is InChI=1S/C13H17BrN2O2/c14-12-4-2-1-3-11(12)9-15-10-13(17)16-5-7-18-8-6-16/h1-4,15H,5-10H2. The van der Waals surface area contributed by atoms with Gasteiger partial charge in [0.1, 0.15) is 0 Å². The number of carbonyl (C=O) groups excluding carboxylic acids is 1. The second kappa shape index (κ2) is 6.87. The van der Waals surface area contributed by atoms with Gasteiger partial charge in [-0.25, -0.2) is 0 Å². The van der Waals surface area contributed by atoms with Crippen LogP contribution in [0.25, 0.3) is 0 Å². The van der Waals surface area contributed by atoms with E-state index in [4.69, 9.17) is 4.74 Å². The molecule has 1 saturated heterocycles. The molecule has 1 fully saturated rings. The summed E-state index contributed by atoms with van der Waals surface area (Å²) in [5.74, 6) is 0.144. The Balaban J connectivity index is 1.75.